The van der Waals surface area contributed by atoms with Gasteiger partial charge in [0.25, 0.3) is 0 Å². The molecular weight excluding hydrogens is 194 g/mol. The molecule has 5 nitrogen and oxygen atoms in total. The maximum Gasteiger partial charge on any atom is 0.222 e. The highest BCUT2D eigenvalue weighted by Gasteiger charge is 2.28. The molecule has 1 saturated heterocycles. The zero-order valence-corrected chi connectivity index (χ0v) is 9.16. The summed E-state index contributed by atoms with van der Waals surface area (Å²) in [4.78, 5) is 24.3. The summed E-state index contributed by atoms with van der Waals surface area (Å²) in [5.74, 6) is -0.298. The predicted molar refractivity (Wildman–Crippen MR) is 57.0 cm³/mol. The minimum Gasteiger partial charge on any atom is -0.369 e. The Hall–Kier alpha value is -1.10. The van der Waals surface area contributed by atoms with Crippen molar-refractivity contribution in [1.29, 1.82) is 0 Å². The molecule has 0 aromatic rings. The highest BCUT2D eigenvalue weighted by atomic mass is 16.2. The molecular formula is C10H19N3O2. The molecule has 0 aromatic heterocycles. The largest absolute Gasteiger partial charge is 0.369 e. The first-order chi connectivity index (χ1) is 7.15. The first kappa shape index (κ1) is 12.0. The van der Waals surface area contributed by atoms with Gasteiger partial charge in [0, 0.05) is 19.5 Å². The summed E-state index contributed by atoms with van der Waals surface area (Å²) in [5.41, 5.74) is 5.19. The van der Waals surface area contributed by atoms with Gasteiger partial charge in [-0.1, -0.05) is 0 Å². The molecule has 1 unspecified atom stereocenters. The first-order valence-electron chi connectivity index (χ1n) is 5.37. The third-order valence-corrected chi connectivity index (χ3v) is 2.76. The van der Waals surface area contributed by atoms with Gasteiger partial charge in [0.1, 0.15) is 0 Å². The normalized spacial score (nSPS) is 20.6. The molecule has 1 rings (SSSR count). The van der Waals surface area contributed by atoms with Crippen LogP contribution in [0.3, 0.4) is 0 Å². The second kappa shape index (κ2) is 5.70. The third kappa shape index (κ3) is 3.51. The predicted octanol–water partition coefficient (Wildman–Crippen LogP) is -0.680. The number of likely N-dealkylation sites (tertiary alicyclic amines) is 1. The van der Waals surface area contributed by atoms with Crippen LogP contribution in [0.2, 0.25) is 0 Å². The van der Waals surface area contributed by atoms with E-state index in [9.17, 15) is 9.59 Å². The van der Waals surface area contributed by atoms with Gasteiger partial charge in [-0.25, -0.2) is 0 Å². The molecule has 0 bridgehead atoms. The Morgan fingerprint density at radius 2 is 2.27 bits per heavy atom. The zero-order chi connectivity index (χ0) is 11.3. The summed E-state index contributed by atoms with van der Waals surface area (Å²) < 4.78 is 0. The molecule has 5 heteroatoms. The lowest BCUT2D eigenvalue weighted by Gasteiger charge is -2.15. The van der Waals surface area contributed by atoms with E-state index in [-0.39, 0.29) is 17.7 Å². The highest BCUT2D eigenvalue weighted by Crippen LogP contribution is 2.16. The van der Waals surface area contributed by atoms with E-state index in [1.165, 1.54) is 0 Å². The molecule has 0 saturated carbocycles. The number of carbonyl (C=O) groups is 2. The van der Waals surface area contributed by atoms with E-state index in [1.54, 1.807) is 4.90 Å². The van der Waals surface area contributed by atoms with Crippen LogP contribution in [-0.2, 0) is 9.59 Å². The van der Waals surface area contributed by atoms with Crippen LogP contribution in [0.5, 0.6) is 0 Å². The van der Waals surface area contributed by atoms with Gasteiger partial charge in [0.15, 0.2) is 0 Å². The molecule has 1 aliphatic rings. The molecule has 3 N–H and O–H groups in total. The second-order valence-electron chi connectivity index (χ2n) is 3.93. The zero-order valence-electron chi connectivity index (χ0n) is 9.16. The Bertz CT molecular complexity index is 243. The summed E-state index contributed by atoms with van der Waals surface area (Å²) in [6.45, 7) is 2.03. The fourth-order valence-corrected chi connectivity index (χ4v) is 1.79. The van der Waals surface area contributed by atoms with Crippen molar-refractivity contribution in [1.82, 2.24) is 10.2 Å². The summed E-state index contributed by atoms with van der Waals surface area (Å²) in [5, 5.41) is 3.00. The quantitative estimate of drug-likeness (QED) is 0.594. The molecule has 1 heterocycles. The average Bonchev–Trinajstić information content (AvgIpc) is 2.66. The number of hydrogen-bond acceptors (Lipinski definition) is 3. The van der Waals surface area contributed by atoms with Crippen molar-refractivity contribution in [3.63, 3.8) is 0 Å². The Kier molecular flexibility index (Phi) is 4.55. The number of hydrogen-bond donors (Lipinski definition) is 2. The van der Waals surface area contributed by atoms with Crippen molar-refractivity contribution >= 4 is 11.8 Å². The van der Waals surface area contributed by atoms with E-state index in [1.807, 2.05) is 7.05 Å². The lowest BCUT2D eigenvalue weighted by atomic mass is 10.1. The van der Waals surface area contributed by atoms with Crippen LogP contribution in [-0.4, -0.2) is 43.4 Å². The Labute approximate surface area is 90.0 Å². The van der Waals surface area contributed by atoms with Crippen molar-refractivity contribution in [2.45, 2.75) is 19.3 Å². The number of carbonyl (C=O) groups excluding carboxylic acids is 2. The Morgan fingerprint density at radius 3 is 2.80 bits per heavy atom. The van der Waals surface area contributed by atoms with Gasteiger partial charge in [0.05, 0.1) is 5.92 Å². The fraction of sp³-hybridized carbons (Fsp3) is 0.800. The van der Waals surface area contributed by atoms with Crippen LogP contribution in [0.1, 0.15) is 19.3 Å². The molecule has 1 fully saturated rings. The summed E-state index contributed by atoms with van der Waals surface area (Å²) >= 11 is 0. The Balaban J connectivity index is 2.27. The summed E-state index contributed by atoms with van der Waals surface area (Å²) in [6.07, 6.45) is 2.10. The minimum absolute atomic E-state index is 0.133. The van der Waals surface area contributed by atoms with E-state index in [0.717, 1.165) is 13.0 Å². The minimum atomic E-state index is -0.291. The molecule has 86 valence electrons. The van der Waals surface area contributed by atoms with Crippen molar-refractivity contribution in [2.24, 2.45) is 11.7 Å². The topological polar surface area (TPSA) is 75.4 Å². The maximum atomic E-state index is 11.6. The molecule has 0 aromatic carbocycles. The van der Waals surface area contributed by atoms with Crippen LogP contribution in [0.15, 0.2) is 0 Å². The van der Waals surface area contributed by atoms with Crippen molar-refractivity contribution in [3.8, 4) is 0 Å². The maximum absolute atomic E-state index is 11.6. The van der Waals surface area contributed by atoms with Crippen molar-refractivity contribution in [2.75, 3.05) is 26.7 Å². The first-order valence-corrected chi connectivity index (χ1v) is 5.37. The molecule has 2 amide bonds. The Morgan fingerprint density at radius 1 is 1.53 bits per heavy atom. The third-order valence-electron chi connectivity index (χ3n) is 2.76. The van der Waals surface area contributed by atoms with Crippen molar-refractivity contribution in [3.05, 3.63) is 0 Å². The number of nitrogens with zero attached hydrogens (tertiary/aromatic N) is 1. The van der Waals surface area contributed by atoms with Crippen LogP contribution >= 0.6 is 0 Å². The monoisotopic (exact) mass is 213 g/mol. The van der Waals surface area contributed by atoms with Gasteiger partial charge in [-0.05, 0) is 26.4 Å². The van der Waals surface area contributed by atoms with E-state index in [0.29, 0.717) is 25.9 Å². The number of rotatable bonds is 5. The molecule has 15 heavy (non-hydrogen) atoms. The van der Waals surface area contributed by atoms with Gasteiger partial charge in [-0.2, -0.15) is 0 Å². The molecule has 1 aliphatic heterocycles. The van der Waals surface area contributed by atoms with Gasteiger partial charge >= 0.3 is 0 Å². The standard InChI is InChI=1S/C10H19N3O2/c1-12-5-2-3-9(14)13-6-4-8(7-13)10(11)15/h8,12H,2-7H2,1H3,(H2,11,15). The van der Waals surface area contributed by atoms with Gasteiger partial charge in [-0.15, -0.1) is 0 Å². The average molecular weight is 213 g/mol. The van der Waals surface area contributed by atoms with Gasteiger partial charge in [0.2, 0.25) is 11.8 Å². The van der Waals surface area contributed by atoms with Crippen molar-refractivity contribution < 1.29 is 9.59 Å². The van der Waals surface area contributed by atoms with E-state index >= 15 is 0 Å². The smallest absolute Gasteiger partial charge is 0.222 e. The van der Waals surface area contributed by atoms with Gasteiger partial charge < -0.3 is 16.0 Å². The summed E-state index contributed by atoms with van der Waals surface area (Å²) in [7, 11) is 1.86. The van der Waals surface area contributed by atoms with Crippen LogP contribution < -0.4 is 11.1 Å². The molecule has 0 aliphatic carbocycles. The van der Waals surface area contributed by atoms with E-state index < -0.39 is 0 Å². The lowest BCUT2D eigenvalue weighted by Crippen LogP contribution is -2.31. The summed E-state index contributed by atoms with van der Waals surface area (Å²) in [6, 6.07) is 0. The second-order valence-corrected chi connectivity index (χ2v) is 3.93. The number of primary amides is 1. The SMILES string of the molecule is CNCCCC(=O)N1CCC(C(N)=O)C1. The molecule has 1 atom stereocenters. The van der Waals surface area contributed by atoms with E-state index in [2.05, 4.69) is 5.32 Å². The number of nitrogens with two attached hydrogens (primary N) is 1. The van der Waals surface area contributed by atoms with Gasteiger partial charge in [-0.3, -0.25) is 9.59 Å². The van der Waals surface area contributed by atoms with Crippen LogP contribution in [0.4, 0.5) is 0 Å². The highest BCUT2D eigenvalue weighted by molar-refractivity contribution is 5.81. The van der Waals surface area contributed by atoms with Crippen LogP contribution in [0.25, 0.3) is 0 Å². The van der Waals surface area contributed by atoms with E-state index in [4.69, 9.17) is 5.73 Å². The number of nitrogens with one attached hydrogen (secondary N) is 1. The number of amides is 2. The molecule has 0 radical (unpaired) electrons. The lowest BCUT2D eigenvalue weighted by molar-refractivity contribution is -0.130. The fourth-order valence-electron chi connectivity index (χ4n) is 1.79. The van der Waals surface area contributed by atoms with Crippen LogP contribution in [0, 0.1) is 5.92 Å². The molecule has 0 spiro atoms.